The Labute approximate surface area is 98.8 Å². The van der Waals surface area contributed by atoms with Crippen molar-refractivity contribution in [2.45, 2.75) is 32.1 Å². The van der Waals surface area contributed by atoms with E-state index in [1.165, 1.54) is 13.3 Å². The van der Waals surface area contributed by atoms with Crippen LogP contribution in [0.3, 0.4) is 0 Å². The van der Waals surface area contributed by atoms with Crippen LogP contribution in [0.15, 0.2) is 18.3 Å². The highest BCUT2D eigenvalue weighted by Gasteiger charge is 2.07. The van der Waals surface area contributed by atoms with Crippen molar-refractivity contribution >= 4 is 5.97 Å². The maximum absolute atomic E-state index is 11.9. The Morgan fingerprint density at radius 1 is 1.47 bits per heavy atom. The molecule has 0 spiro atoms. The summed E-state index contributed by atoms with van der Waals surface area (Å²) in [6, 6.07) is 3.41. The minimum atomic E-state index is -2.24. The van der Waals surface area contributed by atoms with Crippen LogP contribution in [0, 0.1) is 0 Å². The van der Waals surface area contributed by atoms with Gasteiger partial charge < -0.3 is 4.74 Å². The second kappa shape index (κ2) is 6.93. The number of methoxy groups -OCH3 is 1. The molecule has 0 unspecified atom stereocenters. The zero-order valence-electron chi connectivity index (χ0n) is 9.66. The third kappa shape index (κ3) is 4.89. The van der Waals surface area contributed by atoms with Crippen LogP contribution >= 0.6 is 0 Å². The second-order valence-electron chi connectivity index (χ2n) is 3.68. The summed E-state index contributed by atoms with van der Waals surface area (Å²) in [5, 5.41) is 0. The van der Waals surface area contributed by atoms with Gasteiger partial charge in [-0.2, -0.15) is 0 Å². The number of carbonyl (C=O) groups excluding carboxylic acids is 1. The lowest BCUT2D eigenvalue weighted by molar-refractivity contribution is 0.0594. The molecule has 0 aliphatic rings. The number of hydrogen-bond acceptors (Lipinski definition) is 3. The summed E-state index contributed by atoms with van der Waals surface area (Å²) in [4.78, 5) is 15.1. The number of rotatable bonds is 6. The quantitative estimate of drug-likeness (QED) is 0.569. The van der Waals surface area contributed by atoms with Crippen molar-refractivity contribution in [1.29, 1.82) is 0 Å². The summed E-state index contributed by atoms with van der Waals surface area (Å²) in [6.45, 7) is 0. The Morgan fingerprint density at radius 2 is 2.24 bits per heavy atom. The van der Waals surface area contributed by atoms with Crippen molar-refractivity contribution in [3.63, 3.8) is 0 Å². The fourth-order valence-corrected chi connectivity index (χ4v) is 1.47. The number of halogens is 2. The second-order valence-corrected chi connectivity index (χ2v) is 3.68. The third-order valence-corrected chi connectivity index (χ3v) is 2.36. The molecule has 0 fully saturated rings. The molecule has 1 aromatic rings. The number of aromatic nitrogens is 1. The highest BCUT2D eigenvalue weighted by atomic mass is 19.3. The maximum atomic E-state index is 11.9. The Bertz CT molecular complexity index is 369. The van der Waals surface area contributed by atoms with E-state index >= 15 is 0 Å². The van der Waals surface area contributed by atoms with E-state index in [9.17, 15) is 13.6 Å². The molecule has 0 saturated carbocycles. The zero-order valence-corrected chi connectivity index (χ0v) is 9.66. The number of nitrogens with zero attached hydrogens (tertiary/aromatic N) is 1. The van der Waals surface area contributed by atoms with Crippen molar-refractivity contribution in [3.05, 3.63) is 29.6 Å². The molecule has 0 aromatic carbocycles. The first kappa shape index (κ1) is 13.5. The van der Waals surface area contributed by atoms with E-state index in [4.69, 9.17) is 0 Å². The lowest BCUT2D eigenvalue weighted by Crippen LogP contribution is -2.04. The molecule has 1 aromatic heterocycles. The van der Waals surface area contributed by atoms with Crippen LogP contribution in [-0.4, -0.2) is 24.5 Å². The summed E-state index contributed by atoms with van der Waals surface area (Å²) >= 11 is 0. The summed E-state index contributed by atoms with van der Waals surface area (Å²) < 4.78 is 28.4. The van der Waals surface area contributed by atoms with Gasteiger partial charge in [0.2, 0.25) is 6.43 Å². The van der Waals surface area contributed by atoms with Crippen LogP contribution in [0.5, 0.6) is 0 Å². The van der Waals surface area contributed by atoms with Crippen molar-refractivity contribution in [1.82, 2.24) is 4.98 Å². The van der Waals surface area contributed by atoms with Crippen LogP contribution in [-0.2, 0) is 11.2 Å². The highest BCUT2D eigenvalue weighted by molar-refractivity contribution is 5.87. The van der Waals surface area contributed by atoms with Gasteiger partial charge in [0.15, 0.2) is 0 Å². The van der Waals surface area contributed by atoms with E-state index < -0.39 is 12.4 Å². The normalized spacial score (nSPS) is 10.6. The van der Waals surface area contributed by atoms with E-state index in [-0.39, 0.29) is 12.1 Å². The molecular weight excluding hydrogens is 228 g/mol. The van der Waals surface area contributed by atoms with E-state index in [0.29, 0.717) is 19.3 Å². The van der Waals surface area contributed by atoms with Crippen molar-refractivity contribution < 1.29 is 18.3 Å². The first-order chi connectivity index (χ1) is 8.13. The number of pyridine rings is 1. The van der Waals surface area contributed by atoms with E-state index in [1.54, 1.807) is 12.1 Å². The molecule has 0 atom stereocenters. The molecule has 17 heavy (non-hydrogen) atoms. The zero-order chi connectivity index (χ0) is 12.7. The topological polar surface area (TPSA) is 39.2 Å². The number of ether oxygens (including phenoxy) is 1. The summed E-state index contributed by atoms with van der Waals surface area (Å²) in [6.07, 6.45) is 1.03. The lowest BCUT2D eigenvalue weighted by Gasteiger charge is -2.03. The number of unbranched alkanes of at least 4 members (excludes halogenated alkanes) is 1. The van der Waals surface area contributed by atoms with Gasteiger partial charge in [-0.15, -0.1) is 0 Å². The number of alkyl halides is 2. The molecule has 5 heteroatoms. The first-order valence-corrected chi connectivity index (χ1v) is 5.45. The Balaban J connectivity index is 2.46. The van der Waals surface area contributed by atoms with Gasteiger partial charge in [0.05, 0.1) is 7.11 Å². The Kier molecular flexibility index (Phi) is 5.52. The Morgan fingerprint density at radius 3 is 2.88 bits per heavy atom. The number of aryl methyl sites for hydroxylation is 1. The minimum absolute atomic E-state index is 0.0745. The van der Waals surface area contributed by atoms with Crippen molar-refractivity contribution in [2.75, 3.05) is 7.11 Å². The highest BCUT2D eigenvalue weighted by Crippen LogP contribution is 2.11. The summed E-state index contributed by atoms with van der Waals surface area (Å²) in [5.74, 6) is -0.487. The third-order valence-electron chi connectivity index (χ3n) is 2.36. The van der Waals surface area contributed by atoms with Gasteiger partial charge >= 0.3 is 5.97 Å². The van der Waals surface area contributed by atoms with Gasteiger partial charge in [0.1, 0.15) is 5.69 Å². The monoisotopic (exact) mass is 243 g/mol. The Hall–Kier alpha value is -1.52. The van der Waals surface area contributed by atoms with Gasteiger partial charge in [0.25, 0.3) is 0 Å². The fourth-order valence-electron chi connectivity index (χ4n) is 1.47. The predicted octanol–water partition coefficient (Wildman–Crippen LogP) is 2.85. The smallest absolute Gasteiger partial charge is 0.356 e. The maximum Gasteiger partial charge on any atom is 0.356 e. The van der Waals surface area contributed by atoms with Crippen molar-refractivity contribution in [3.8, 4) is 0 Å². The lowest BCUT2D eigenvalue weighted by atomic mass is 10.1. The van der Waals surface area contributed by atoms with E-state index in [1.807, 2.05) is 0 Å². The van der Waals surface area contributed by atoms with Crippen LogP contribution in [0.4, 0.5) is 8.78 Å². The molecule has 0 aliphatic carbocycles. The molecule has 1 heterocycles. The number of carbonyl (C=O) groups is 1. The standard InChI is InChI=1S/C12H15F2NO2/c1-17-12(16)10-8-9(6-7-15-10)4-2-3-5-11(13)14/h6-8,11H,2-5H2,1H3. The van der Waals surface area contributed by atoms with Crippen LogP contribution in [0.25, 0.3) is 0 Å². The number of esters is 1. The van der Waals surface area contributed by atoms with E-state index in [2.05, 4.69) is 9.72 Å². The molecule has 1 rings (SSSR count). The molecule has 0 saturated heterocycles. The molecule has 0 N–H and O–H groups in total. The van der Waals surface area contributed by atoms with Gasteiger partial charge in [-0.05, 0) is 37.0 Å². The van der Waals surface area contributed by atoms with Gasteiger partial charge in [-0.1, -0.05) is 0 Å². The largest absolute Gasteiger partial charge is 0.464 e. The van der Waals surface area contributed by atoms with Crippen LogP contribution in [0.2, 0.25) is 0 Å². The molecule has 0 aliphatic heterocycles. The summed E-state index contributed by atoms with van der Waals surface area (Å²) in [5.41, 5.74) is 1.16. The van der Waals surface area contributed by atoms with Crippen LogP contribution < -0.4 is 0 Å². The molecule has 0 bridgehead atoms. The van der Waals surface area contributed by atoms with Gasteiger partial charge in [-0.25, -0.2) is 18.6 Å². The number of hydrogen-bond donors (Lipinski definition) is 0. The predicted molar refractivity (Wildman–Crippen MR) is 59.1 cm³/mol. The molecule has 94 valence electrons. The minimum Gasteiger partial charge on any atom is -0.464 e. The van der Waals surface area contributed by atoms with Gasteiger partial charge in [-0.3, -0.25) is 0 Å². The fraction of sp³-hybridized carbons (Fsp3) is 0.500. The molecule has 0 radical (unpaired) electrons. The first-order valence-electron chi connectivity index (χ1n) is 5.45. The van der Waals surface area contributed by atoms with Crippen molar-refractivity contribution in [2.24, 2.45) is 0 Å². The SMILES string of the molecule is COC(=O)c1cc(CCCCC(F)F)ccn1. The van der Waals surface area contributed by atoms with Gasteiger partial charge in [0, 0.05) is 12.6 Å². The molecule has 0 amide bonds. The summed E-state index contributed by atoms with van der Waals surface area (Å²) in [7, 11) is 1.29. The van der Waals surface area contributed by atoms with E-state index in [0.717, 1.165) is 5.56 Å². The average molecular weight is 243 g/mol. The molecular formula is C12H15F2NO2. The average Bonchev–Trinajstić information content (AvgIpc) is 2.34. The molecule has 3 nitrogen and oxygen atoms in total. The van der Waals surface area contributed by atoms with Crippen LogP contribution in [0.1, 0.15) is 35.3 Å².